The number of carbonyl (C=O) groups is 2. The van der Waals surface area contributed by atoms with Crippen LogP contribution in [-0.4, -0.2) is 50.6 Å². The van der Waals surface area contributed by atoms with Crippen molar-refractivity contribution in [3.63, 3.8) is 0 Å². The molecule has 0 aromatic heterocycles. The van der Waals surface area contributed by atoms with Crippen LogP contribution in [0.3, 0.4) is 0 Å². The van der Waals surface area contributed by atoms with Crippen molar-refractivity contribution in [1.82, 2.24) is 4.90 Å². The quantitative estimate of drug-likeness (QED) is 0.644. The van der Waals surface area contributed by atoms with Crippen molar-refractivity contribution in [2.45, 2.75) is 6.42 Å². The monoisotopic (exact) mass is 389 g/mol. The Hall–Kier alpha value is -2.41. The van der Waals surface area contributed by atoms with Crippen LogP contribution in [0.2, 0.25) is 5.02 Å². The maximum absolute atomic E-state index is 12.6. The van der Waals surface area contributed by atoms with Gasteiger partial charge in [0.2, 0.25) is 5.91 Å². The molecule has 0 aliphatic heterocycles. The van der Waals surface area contributed by atoms with E-state index in [0.29, 0.717) is 28.6 Å². The normalized spacial score (nSPS) is 10.7. The number of para-hydroxylation sites is 1. The number of anilines is 2. The fourth-order valence-corrected chi connectivity index (χ4v) is 2.64. The number of halogens is 1. The van der Waals surface area contributed by atoms with E-state index in [4.69, 9.17) is 16.3 Å². The molecule has 0 saturated carbocycles. The summed E-state index contributed by atoms with van der Waals surface area (Å²) in [7, 11) is 3.52. The molecule has 2 rings (SSSR count). The third-order valence-corrected chi connectivity index (χ3v) is 4.10. The molecular formula is C20H24ClN3O3. The van der Waals surface area contributed by atoms with Gasteiger partial charge in [0.05, 0.1) is 17.8 Å². The van der Waals surface area contributed by atoms with Gasteiger partial charge in [-0.1, -0.05) is 23.7 Å². The Morgan fingerprint density at radius 1 is 1.07 bits per heavy atom. The first-order valence-corrected chi connectivity index (χ1v) is 9.00. The molecule has 0 fully saturated rings. The molecule has 7 heteroatoms. The van der Waals surface area contributed by atoms with Crippen LogP contribution in [0, 0.1) is 0 Å². The number of amides is 2. The lowest BCUT2D eigenvalue weighted by Gasteiger charge is -2.17. The predicted octanol–water partition coefficient (Wildman–Crippen LogP) is 3.50. The molecule has 6 nitrogen and oxygen atoms in total. The van der Waals surface area contributed by atoms with Crippen molar-refractivity contribution in [2.75, 3.05) is 44.5 Å². The van der Waals surface area contributed by atoms with E-state index in [2.05, 4.69) is 10.6 Å². The lowest BCUT2D eigenvalue weighted by molar-refractivity contribution is -0.117. The van der Waals surface area contributed by atoms with Gasteiger partial charge in [-0.25, -0.2) is 0 Å². The van der Waals surface area contributed by atoms with Crippen molar-refractivity contribution < 1.29 is 14.3 Å². The van der Waals surface area contributed by atoms with Crippen molar-refractivity contribution >= 4 is 34.8 Å². The highest BCUT2D eigenvalue weighted by atomic mass is 35.5. The van der Waals surface area contributed by atoms with Gasteiger partial charge in [0, 0.05) is 31.0 Å². The summed E-state index contributed by atoms with van der Waals surface area (Å²) in [4.78, 5) is 26.8. The molecule has 0 saturated heterocycles. The fraction of sp³-hybridized carbons (Fsp3) is 0.300. The highest BCUT2D eigenvalue weighted by molar-refractivity contribution is 6.30. The summed E-state index contributed by atoms with van der Waals surface area (Å²) in [5, 5.41) is 6.21. The van der Waals surface area contributed by atoms with Gasteiger partial charge >= 0.3 is 0 Å². The lowest BCUT2D eigenvalue weighted by atomic mass is 10.1. The van der Waals surface area contributed by atoms with Crippen molar-refractivity contribution in [3.05, 3.63) is 59.1 Å². The van der Waals surface area contributed by atoms with Gasteiger partial charge < -0.3 is 15.4 Å². The Bertz CT molecular complexity index is 765. The molecule has 2 aromatic rings. The number of hydrogen-bond acceptors (Lipinski definition) is 4. The molecular weight excluding hydrogens is 366 g/mol. The molecule has 144 valence electrons. The van der Waals surface area contributed by atoms with E-state index in [-0.39, 0.29) is 18.4 Å². The van der Waals surface area contributed by atoms with Crippen LogP contribution in [0.25, 0.3) is 0 Å². The largest absolute Gasteiger partial charge is 0.385 e. The number of hydrogen-bond donors (Lipinski definition) is 2. The molecule has 0 aliphatic carbocycles. The third-order valence-electron chi connectivity index (χ3n) is 3.85. The summed E-state index contributed by atoms with van der Waals surface area (Å²) < 4.78 is 5.01. The van der Waals surface area contributed by atoms with E-state index in [1.54, 1.807) is 55.6 Å². The number of likely N-dealkylation sites (N-methyl/N-ethyl adjacent to an activating group) is 1. The first-order valence-electron chi connectivity index (χ1n) is 8.63. The van der Waals surface area contributed by atoms with Crippen molar-refractivity contribution in [3.8, 4) is 0 Å². The second kappa shape index (κ2) is 10.7. The SMILES string of the molecule is COCCCN(C)CC(=O)Nc1ccccc1C(=O)Nc1ccc(Cl)cc1. The first-order chi connectivity index (χ1) is 13.0. The fourth-order valence-electron chi connectivity index (χ4n) is 2.51. The zero-order chi connectivity index (χ0) is 19.6. The van der Waals surface area contributed by atoms with E-state index in [9.17, 15) is 9.59 Å². The smallest absolute Gasteiger partial charge is 0.257 e. The van der Waals surface area contributed by atoms with Crippen LogP contribution in [0.1, 0.15) is 16.8 Å². The third kappa shape index (κ3) is 7.02. The number of methoxy groups -OCH3 is 1. The van der Waals surface area contributed by atoms with Crippen LogP contribution in [0.5, 0.6) is 0 Å². The van der Waals surface area contributed by atoms with Crippen LogP contribution in [0.4, 0.5) is 11.4 Å². The van der Waals surface area contributed by atoms with Crippen LogP contribution in [-0.2, 0) is 9.53 Å². The molecule has 0 heterocycles. The van der Waals surface area contributed by atoms with Gasteiger partial charge in [-0.3, -0.25) is 14.5 Å². The number of ether oxygens (including phenoxy) is 1. The van der Waals surface area contributed by atoms with Crippen LogP contribution >= 0.6 is 11.6 Å². The molecule has 27 heavy (non-hydrogen) atoms. The van der Waals surface area contributed by atoms with Crippen molar-refractivity contribution in [2.24, 2.45) is 0 Å². The maximum Gasteiger partial charge on any atom is 0.257 e. The number of nitrogens with one attached hydrogen (secondary N) is 2. The van der Waals surface area contributed by atoms with Crippen molar-refractivity contribution in [1.29, 1.82) is 0 Å². The van der Waals surface area contributed by atoms with Gasteiger partial charge in [0.1, 0.15) is 0 Å². The van der Waals surface area contributed by atoms with Crippen LogP contribution < -0.4 is 10.6 Å². The molecule has 0 radical (unpaired) electrons. The summed E-state index contributed by atoms with van der Waals surface area (Å²) in [6, 6.07) is 13.7. The second-order valence-electron chi connectivity index (χ2n) is 6.14. The average Bonchev–Trinajstić information content (AvgIpc) is 2.64. The van der Waals surface area contributed by atoms with Gasteiger partial charge in [-0.2, -0.15) is 0 Å². The molecule has 0 spiro atoms. The molecule has 2 amide bonds. The average molecular weight is 390 g/mol. The Morgan fingerprint density at radius 2 is 1.78 bits per heavy atom. The zero-order valence-electron chi connectivity index (χ0n) is 15.5. The summed E-state index contributed by atoms with van der Waals surface area (Å²) in [6.45, 7) is 1.64. The molecule has 0 aliphatic rings. The molecule has 0 bridgehead atoms. The summed E-state index contributed by atoms with van der Waals surface area (Å²) >= 11 is 5.86. The minimum atomic E-state index is -0.304. The highest BCUT2D eigenvalue weighted by Crippen LogP contribution is 2.19. The highest BCUT2D eigenvalue weighted by Gasteiger charge is 2.14. The van der Waals surface area contributed by atoms with Gasteiger partial charge in [-0.05, 0) is 49.9 Å². The molecule has 0 atom stereocenters. The molecule has 0 unspecified atom stereocenters. The Balaban J connectivity index is 1.98. The van der Waals surface area contributed by atoms with E-state index in [0.717, 1.165) is 13.0 Å². The van der Waals surface area contributed by atoms with Gasteiger partial charge in [0.15, 0.2) is 0 Å². The van der Waals surface area contributed by atoms with Gasteiger partial charge in [-0.15, -0.1) is 0 Å². The first kappa shape index (κ1) is 20.9. The zero-order valence-corrected chi connectivity index (χ0v) is 16.3. The van der Waals surface area contributed by atoms with E-state index < -0.39 is 0 Å². The summed E-state index contributed by atoms with van der Waals surface area (Å²) in [5.41, 5.74) is 1.49. The summed E-state index contributed by atoms with van der Waals surface area (Å²) in [5.74, 6) is -0.483. The topological polar surface area (TPSA) is 70.7 Å². The number of rotatable bonds is 9. The minimum absolute atomic E-state index is 0.179. The molecule has 2 aromatic carbocycles. The maximum atomic E-state index is 12.6. The van der Waals surface area contributed by atoms with E-state index >= 15 is 0 Å². The number of nitrogens with zero attached hydrogens (tertiary/aromatic N) is 1. The van der Waals surface area contributed by atoms with Crippen LogP contribution in [0.15, 0.2) is 48.5 Å². The Kier molecular flexibility index (Phi) is 8.26. The predicted molar refractivity (Wildman–Crippen MR) is 108 cm³/mol. The number of carbonyl (C=O) groups excluding carboxylic acids is 2. The molecule has 2 N–H and O–H groups in total. The van der Waals surface area contributed by atoms with Gasteiger partial charge in [0.25, 0.3) is 5.91 Å². The van der Waals surface area contributed by atoms with E-state index in [1.165, 1.54) is 0 Å². The Morgan fingerprint density at radius 3 is 2.48 bits per heavy atom. The summed E-state index contributed by atoms with van der Waals surface area (Å²) in [6.07, 6.45) is 0.848. The number of benzene rings is 2. The van der Waals surface area contributed by atoms with E-state index in [1.807, 2.05) is 11.9 Å². The minimum Gasteiger partial charge on any atom is -0.385 e. The second-order valence-corrected chi connectivity index (χ2v) is 6.58. The lowest BCUT2D eigenvalue weighted by Crippen LogP contribution is -2.31. The standard InChI is InChI=1S/C20H24ClN3O3/c1-24(12-5-13-27-2)14-19(25)23-18-7-4-3-6-17(18)20(26)22-16-10-8-15(21)9-11-16/h3-4,6-11H,5,12-14H2,1-2H3,(H,22,26)(H,23,25). The Labute approximate surface area is 164 Å².